The number of hydrogen-bond donors (Lipinski definition) is 2. The molecular formula is C13H20N2O2S. The average Bonchev–Trinajstić information content (AvgIpc) is 2.38. The molecule has 5 heteroatoms. The Kier molecular flexibility index (Phi) is 7.10. The zero-order valence-corrected chi connectivity index (χ0v) is 11.5. The summed E-state index contributed by atoms with van der Waals surface area (Å²) in [6.45, 7) is 2.88. The summed E-state index contributed by atoms with van der Waals surface area (Å²) >= 11 is 1.88. The van der Waals surface area contributed by atoms with Crippen molar-refractivity contribution in [3.05, 3.63) is 24.3 Å². The lowest BCUT2D eigenvalue weighted by molar-refractivity contribution is -0.123. The lowest BCUT2D eigenvalue weighted by atomic mass is 10.3. The van der Waals surface area contributed by atoms with E-state index in [9.17, 15) is 4.79 Å². The second-order valence-corrected chi connectivity index (χ2v) is 5.15. The Morgan fingerprint density at radius 3 is 2.78 bits per heavy atom. The van der Waals surface area contributed by atoms with Crippen molar-refractivity contribution in [3.63, 3.8) is 0 Å². The standard InChI is InChI=1S/C13H20N2O2S/c1-2-18-9-3-8-15-13(16)10-17-12-6-4-11(14)5-7-12/h4-7H,2-3,8-10,14H2,1H3,(H,15,16). The Labute approximate surface area is 112 Å². The molecule has 4 nitrogen and oxygen atoms in total. The van der Waals surface area contributed by atoms with Crippen molar-refractivity contribution in [1.82, 2.24) is 5.32 Å². The van der Waals surface area contributed by atoms with Crippen LogP contribution in [0.3, 0.4) is 0 Å². The monoisotopic (exact) mass is 268 g/mol. The lowest BCUT2D eigenvalue weighted by Crippen LogP contribution is -2.29. The fraction of sp³-hybridized carbons (Fsp3) is 0.462. The van der Waals surface area contributed by atoms with Gasteiger partial charge in [-0.25, -0.2) is 0 Å². The summed E-state index contributed by atoms with van der Waals surface area (Å²) in [6, 6.07) is 6.99. The highest BCUT2D eigenvalue weighted by Gasteiger charge is 2.01. The van der Waals surface area contributed by atoms with Crippen molar-refractivity contribution in [1.29, 1.82) is 0 Å². The summed E-state index contributed by atoms with van der Waals surface area (Å²) < 4.78 is 5.33. The van der Waals surface area contributed by atoms with Crippen LogP contribution in [-0.4, -0.2) is 30.6 Å². The van der Waals surface area contributed by atoms with E-state index in [1.54, 1.807) is 24.3 Å². The minimum absolute atomic E-state index is 0.0465. The van der Waals surface area contributed by atoms with E-state index in [0.717, 1.165) is 17.9 Å². The van der Waals surface area contributed by atoms with Crippen LogP contribution >= 0.6 is 11.8 Å². The van der Waals surface area contributed by atoms with Crippen molar-refractivity contribution in [2.24, 2.45) is 0 Å². The third-order valence-corrected chi connectivity index (χ3v) is 3.23. The van der Waals surface area contributed by atoms with Crippen LogP contribution in [0.5, 0.6) is 5.75 Å². The molecule has 0 heterocycles. The predicted molar refractivity (Wildman–Crippen MR) is 77.0 cm³/mol. The maximum absolute atomic E-state index is 11.4. The first-order valence-corrected chi connectivity index (χ1v) is 7.20. The Hall–Kier alpha value is -1.36. The van der Waals surface area contributed by atoms with Gasteiger partial charge in [0.15, 0.2) is 6.61 Å². The maximum atomic E-state index is 11.4. The largest absolute Gasteiger partial charge is 0.484 e. The second kappa shape index (κ2) is 8.69. The Morgan fingerprint density at radius 2 is 2.11 bits per heavy atom. The molecule has 0 fully saturated rings. The molecule has 3 N–H and O–H groups in total. The summed E-state index contributed by atoms with van der Waals surface area (Å²) in [5, 5.41) is 2.82. The van der Waals surface area contributed by atoms with Crippen molar-refractivity contribution < 1.29 is 9.53 Å². The van der Waals surface area contributed by atoms with Gasteiger partial charge in [-0.05, 0) is 42.2 Å². The molecule has 0 radical (unpaired) electrons. The Balaban J connectivity index is 2.11. The van der Waals surface area contributed by atoms with Gasteiger partial charge >= 0.3 is 0 Å². The Morgan fingerprint density at radius 1 is 1.39 bits per heavy atom. The molecule has 0 aromatic heterocycles. The third kappa shape index (κ3) is 6.39. The smallest absolute Gasteiger partial charge is 0.257 e. The van der Waals surface area contributed by atoms with Crippen LogP contribution in [0.1, 0.15) is 13.3 Å². The van der Waals surface area contributed by atoms with Crippen LogP contribution in [0.15, 0.2) is 24.3 Å². The van der Waals surface area contributed by atoms with E-state index in [1.165, 1.54) is 0 Å². The topological polar surface area (TPSA) is 64.3 Å². The molecule has 0 saturated heterocycles. The van der Waals surface area contributed by atoms with Gasteiger partial charge in [-0.3, -0.25) is 4.79 Å². The van der Waals surface area contributed by atoms with Crippen molar-refractivity contribution in [3.8, 4) is 5.75 Å². The average molecular weight is 268 g/mol. The summed E-state index contributed by atoms with van der Waals surface area (Å²) in [5.41, 5.74) is 6.23. The highest BCUT2D eigenvalue weighted by molar-refractivity contribution is 7.99. The zero-order valence-electron chi connectivity index (χ0n) is 10.6. The number of anilines is 1. The number of nitrogens with one attached hydrogen (secondary N) is 1. The molecule has 0 atom stereocenters. The molecule has 0 aliphatic carbocycles. The summed E-state index contributed by atoms with van der Waals surface area (Å²) in [4.78, 5) is 11.4. The van der Waals surface area contributed by atoms with E-state index in [4.69, 9.17) is 10.5 Å². The van der Waals surface area contributed by atoms with E-state index >= 15 is 0 Å². The van der Waals surface area contributed by atoms with Crippen LogP contribution in [0.2, 0.25) is 0 Å². The molecule has 1 amide bonds. The SMILES string of the molecule is CCSCCCNC(=O)COc1ccc(N)cc1. The van der Waals surface area contributed by atoms with Crippen molar-refractivity contribution in [2.75, 3.05) is 30.4 Å². The first kappa shape index (κ1) is 14.7. The van der Waals surface area contributed by atoms with Gasteiger partial charge in [0, 0.05) is 12.2 Å². The highest BCUT2D eigenvalue weighted by Crippen LogP contribution is 2.12. The van der Waals surface area contributed by atoms with E-state index < -0.39 is 0 Å². The number of ether oxygens (including phenoxy) is 1. The summed E-state index contributed by atoms with van der Waals surface area (Å²) in [6.07, 6.45) is 0.992. The predicted octanol–water partition coefficient (Wildman–Crippen LogP) is 1.91. The van der Waals surface area contributed by atoms with Gasteiger partial charge in [-0.1, -0.05) is 6.92 Å². The van der Waals surface area contributed by atoms with Crippen LogP contribution in [-0.2, 0) is 4.79 Å². The molecule has 18 heavy (non-hydrogen) atoms. The quantitative estimate of drug-likeness (QED) is 0.558. The number of nitrogens with two attached hydrogens (primary N) is 1. The number of carbonyl (C=O) groups is 1. The number of nitrogen functional groups attached to an aromatic ring is 1. The van der Waals surface area contributed by atoms with Gasteiger partial charge in [0.2, 0.25) is 0 Å². The number of amides is 1. The van der Waals surface area contributed by atoms with Gasteiger partial charge < -0.3 is 15.8 Å². The summed E-state index contributed by atoms with van der Waals surface area (Å²) in [5.74, 6) is 2.76. The molecule has 1 aromatic carbocycles. The molecule has 1 rings (SSSR count). The van der Waals surface area contributed by atoms with Gasteiger partial charge in [-0.15, -0.1) is 0 Å². The molecule has 1 aromatic rings. The normalized spacial score (nSPS) is 10.1. The van der Waals surface area contributed by atoms with Crippen molar-refractivity contribution >= 4 is 23.4 Å². The first-order chi connectivity index (χ1) is 8.72. The minimum atomic E-state index is -0.0895. The molecule has 100 valence electrons. The lowest BCUT2D eigenvalue weighted by Gasteiger charge is -2.07. The van der Waals surface area contributed by atoms with Crippen molar-refractivity contribution in [2.45, 2.75) is 13.3 Å². The van der Waals surface area contributed by atoms with Gasteiger partial charge in [-0.2, -0.15) is 11.8 Å². The molecule has 0 aliphatic heterocycles. The minimum Gasteiger partial charge on any atom is -0.484 e. The van der Waals surface area contributed by atoms with Crippen LogP contribution < -0.4 is 15.8 Å². The molecule has 0 saturated carbocycles. The number of thioether (sulfide) groups is 1. The van der Waals surface area contributed by atoms with Gasteiger partial charge in [0.05, 0.1) is 0 Å². The number of carbonyl (C=O) groups excluding carboxylic acids is 1. The van der Waals surface area contributed by atoms with Gasteiger partial charge in [0.1, 0.15) is 5.75 Å². The fourth-order valence-corrected chi connectivity index (χ4v) is 1.95. The fourth-order valence-electron chi connectivity index (χ4n) is 1.31. The highest BCUT2D eigenvalue weighted by atomic mass is 32.2. The van der Waals surface area contributed by atoms with Crippen LogP contribution in [0.4, 0.5) is 5.69 Å². The Bertz CT molecular complexity index is 355. The second-order valence-electron chi connectivity index (χ2n) is 3.76. The summed E-state index contributed by atoms with van der Waals surface area (Å²) in [7, 11) is 0. The van der Waals surface area contributed by atoms with E-state index in [0.29, 0.717) is 18.0 Å². The number of rotatable bonds is 8. The third-order valence-electron chi connectivity index (χ3n) is 2.24. The maximum Gasteiger partial charge on any atom is 0.257 e. The molecule has 0 unspecified atom stereocenters. The van der Waals surface area contributed by atoms with Gasteiger partial charge in [0.25, 0.3) is 5.91 Å². The molecular weight excluding hydrogens is 248 g/mol. The molecule has 0 aliphatic rings. The zero-order chi connectivity index (χ0) is 13.2. The van der Waals surface area contributed by atoms with E-state index in [2.05, 4.69) is 12.2 Å². The number of benzene rings is 1. The van der Waals surface area contributed by atoms with E-state index in [1.807, 2.05) is 11.8 Å². The van der Waals surface area contributed by atoms with Crippen LogP contribution in [0, 0.1) is 0 Å². The number of hydrogen-bond acceptors (Lipinski definition) is 4. The molecule has 0 bridgehead atoms. The van der Waals surface area contributed by atoms with E-state index in [-0.39, 0.29) is 12.5 Å². The molecule has 0 spiro atoms. The van der Waals surface area contributed by atoms with Crippen LogP contribution in [0.25, 0.3) is 0 Å². The first-order valence-electron chi connectivity index (χ1n) is 6.05.